The molecular formula is C12H22N2O. The first kappa shape index (κ1) is 12.2. The lowest BCUT2D eigenvalue weighted by atomic mass is 10.0. The lowest BCUT2D eigenvalue weighted by Crippen LogP contribution is -2.27. The molecule has 0 heterocycles. The molecule has 0 aromatic rings. The van der Waals surface area contributed by atoms with Crippen LogP contribution in [0.25, 0.3) is 0 Å². The maximum Gasteiger partial charge on any atom is 0.224 e. The predicted molar refractivity (Wildman–Crippen MR) is 62.3 cm³/mol. The fourth-order valence-electron chi connectivity index (χ4n) is 2.29. The minimum absolute atomic E-state index is 0.120. The maximum absolute atomic E-state index is 11.8. The Kier molecular flexibility index (Phi) is 3.24. The van der Waals surface area contributed by atoms with Gasteiger partial charge in [0.1, 0.15) is 0 Å². The molecule has 0 unspecified atom stereocenters. The Morgan fingerprint density at radius 2 is 1.80 bits per heavy atom. The van der Waals surface area contributed by atoms with E-state index in [1.54, 1.807) is 0 Å². The molecule has 0 aliphatic heterocycles. The molecule has 3 N–H and O–H groups in total. The molecule has 3 heteroatoms. The highest BCUT2D eigenvalue weighted by Gasteiger charge is 2.68. The Hall–Kier alpha value is -0.830. The molecule has 0 aromatic carbocycles. The van der Waals surface area contributed by atoms with Crippen LogP contribution in [-0.4, -0.2) is 19.0 Å². The third-order valence-electron chi connectivity index (χ3n) is 3.98. The summed E-state index contributed by atoms with van der Waals surface area (Å²) < 4.78 is 0. The van der Waals surface area contributed by atoms with E-state index in [4.69, 9.17) is 5.73 Å². The summed E-state index contributed by atoms with van der Waals surface area (Å²) in [5.74, 6) is 0.294. The van der Waals surface area contributed by atoms with Gasteiger partial charge in [-0.1, -0.05) is 39.8 Å². The summed E-state index contributed by atoms with van der Waals surface area (Å²) >= 11 is 0. The molecule has 0 aromatic heterocycles. The van der Waals surface area contributed by atoms with Crippen LogP contribution >= 0.6 is 0 Å². The number of nitrogens with two attached hydrogens (primary N) is 1. The van der Waals surface area contributed by atoms with Gasteiger partial charge < -0.3 is 11.1 Å². The molecule has 1 saturated carbocycles. The Morgan fingerprint density at radius 3 is 2.20 bits per heavy atom. The van der Waals surface area contributed by atoms with Crippen molar-refractivity contribution in [3.8, 4) is 0 Å². The Balaban J connectivity index is 2.41. The molecule has 1 fully saturated rings. The molecule has 1 amide bonds. The van der Waals surface area contributed by atoms with Crippen molar-refractivity contribution in [2.45, 2.75) is 27.7 Å². The van der Waals surface area contributed by atoms with Crippen molar-refractivity contribution in [1.29, 1.82) is 0 Å². The number of hydrogen-bond donors (Lipinski definition) is 2. The SMILES string of the molecule is CC1(C)C(C(=O)NC/C=C/CN)C1(C)C. The van der Waals surface area contributed by atoms with Crippen molar-refractivity contribution in [2.75, 3.05) is 13.1 Å². The van der Waals surface area contributed by atoms with E-state index in [2.05, 4.69) is 33.0 Å². The molecule has 1 aliphatic rings. The van der Waals surface area contributed by atoms with Crippen molar-refractivity contribution in [1.82, 2.24) is 5.32 Å². The molecule has 0 atom stereocenters. The standard InChI is InChI=1S/C12H22N2O/c1-11(2)9(12(11,3)4)10(15)14-8-6-5-7-13/h5-6,9H,7-8,13H2,1-4H3,(H,14,15)/b6-5+. The van der Waals surface area contributed by atoms with E-state index < -0.39 is 0 Å². The van der Waals surface area contributed by atoms with Crippen LogP contribution < -0.4 is 11.1 Å². The first-order valence-corrected chi connectivity index (χ1v) is 5.48. The van der Waals surface area contributed by atoms with Gasteiger partial charge in [-0.25, -0.2) is 0 Å². The molecule has 0 radical (unpaired) electrons. The summed E-state index contributed by atoms with van der Waals surface area (Å²) in [5, 5.41) is 2.91. The van der Waals surface area contributed by atoms with Crippen LogP contribution in [-0.2, 0) is 4.79 Å². The van der Waals surface area contributed by atoms with Crippen molar-refractivity contribution in [3.05, 3.63) is 12.2 Å². The van der Waals surface area contributed by atoms with E-state index in [1.165, 1.54) is 0 Å². The van der Waals surface area contributed by atoms with Gasteiger partial charge in [0.05, 0.1) is 0 Å². The number of hydrogen-bond acceptors (Lipinski definition) is 2. The highest BCUT2D eigenvalue weighted by molar-refractivity contribution is 5.84. The largest absolute Gasteiger partial charge is 0.352 e. The van der Waals surface area contributed by atoms with Crippen molar-refractivity contribution in [2.24, 2.45) is 22.5 Å². The van der Waals surface area contributed by atoms with E-state index in [9.17, 15) is 4.79 Å². The Morgan fingerprint density at radius 1 is 1.27 bits per heavy atom. The molecule has 15 heavy (non-hydrogen) atoms. The second-order valence-corrected chi connectivity index (χ2v) is 5.33. The van der Waals surface area contributed by atoms with E-state index in [1.807, 2.05) is 12.2 Å². The van der Waals surface area contributed by atoms with E-state index >= 15 is 0 Å². The smallest absolute Gasteiger partial charge is 0.224 e. The fourth-order valence-corrected chi connectivity index (χ4v) is 2.29. The maximum atomic E-state index is 11.8. The van der Waals surface area contributed by atoms with Gasteiger partial charge in [-0.15, -0.1) is 0 Å². The third kappa shape index (κ3) is 2.07. The fraction of sp³-hybridized carbons (Fsp3) is 0.750. The lowest BCUT2D eigenvalue weighted by Gasteiger charge is -2.03. The number of carbonyl (C=O) groups is 1. The molecule has 0 bridgehead atoms. The average Bonchev–Trinajstić information content (AvgIpc) is 2.51. The van der Waals surface area contributed by atoms with E-state index in [0.717, 1.165) is 0 Å². The number of amides is 1. The summed E-state index contributed by atoms with van der Waals surface area (Å²) in [6, 6.07) is 0. The summed E-state index contributed by atoms with van der Waals surface area (Å²) in [6.07, 6.45) is 3.74. The summed E-state index contributed by atoms with van der Waals surface area (Å²) in [5.41, 5.74) is 5.54. The van der Waals surface area contributed by atoms with Gasteiger partial charge in [0.2, 0.25) is 5.91 Å². The Labute approximate surface area is 92.1 Å². The van der Waals surface area contributed by atoms with Crippen molar-refractivity contribution >= 4 is 5.91 Å². The molecular weight excluding hydrogens is 188 g/mol. The molecule has 3 nitrogen and oxygen atoms in total. The summed E-state index contributed by atoms with van der Waals surface area (Å²) in [6.45, 7) is 9.69. The minimum Gasteiger partial charge on any atom is -0.352 e. The quantitative estimate of drug-likeness (QED) is 0.687. The molecule has 86 valence electrons. The first-order valence-electron chi connectivity index (χ1n) is 5.48. The second-order valence-electron chi connectivity index (χ2n) is 5.33. The van der Waals surface area contributed by atoms with Crippen LogP contribution in [0.3, 0.4) is 0 Å². The van der Waals surface area contributed by atoms with Gasteiger partial charge in [0.25, 0.3) is 0 Å². The van der Waals surface area contributed by atoms with Crippen molar-refractivity contribution < 1.29 is 4.79 Å². The van der Waals surface area contributed by atoms with Gasteiger partial charge in [-0.3, -0.25) is 4.79 Å². The highest BCUT2D eigenvalue weighted by Crippen LogP contribution is 2.68. The highest BCUT2D eigenvalue weighted by atomic mass is 16.2. The first-order chi connectivity index (χ1) is 6.85. The predicted octanol–water partition coefficient (Wildman–Crippen LogP) is 1.30. The zero-order chi connectivity index (χ0) is 11.7. The van der Waals surface area contributed by atoms with Crippen LogP contribution in [0.5, 0.6) is 0 Å². The normalized spacial score (nSPS) is 23.0. The second kappa shape index (κ2) is 3.97. The average molecular weight is 210 g/mol. The Bertz CT molecular complexity index is 265. The number of nitrogens with one attached hydrogen (secondary N) is 1. The van der Waals surface area contributed by atoms with Gasteiger partial charge in [0.15, 0.2) is 0 Å². The van der Waals surface area contributed by atoms with Gasteiger partial charge in [-0.05, 0) is 10.8 Å². The van der Waals surface area contributed by atoms with Gasteiger partial charge >= 0.3 is 0 Å². The molecule has 1 aliphatic carbocycles. The van der Waals surface area contributed by atoms with Gasteiger partial charge in [-0.2, -0.15) is 0 Å². The number of carbonyl (C=O) groups excluding carboxylic acids is 1. The van der Waals surface area contributed by atoms with Crippen LogP contribution in [0.2, 0.25) is 0 Å². The van der Waals surface area contributed by atoms with Crippen LogP contribution in [0, 0.1) is 16.7 Å². The zero-order valence-electron chi connectivity index (χ0n) is 10.1. The molecule has 0 saturated heterocycles. The zero-order valence-corrected chi connectivity index (χ0v) is 10.1. The topological polar surface area (TPSA) is 55.1 Å². The van der Waals surface area contributed by atoms with Crippen LogP contribution in [0.4, 0.5) is 0 Å². The van der Waals surface area contributed by atoms with E-state index in [0.29, 0.717) is 13.1 Å². The van der Waals surface area contributed by atoms with Crippen LogP contribution in [0.1, 0.15) is 27.7 Å². The summed E-state index contributed by atoms with van der Waals surface area (Å²) in [4.78, 5) is 11.8. The van der Waals surface area contributed by atoms with E-state index in [-0.39, 0.29) is 22.7 Å². The summed E-state index contributed by atoms with van der Waals surface area (Å²) in [7, 11) is 0. The van der Waals surface area contributed by atoms with Crippen molar-refractivity contribution in [3.63, 3.8) is 0 Å². The minimum atomic E-state index is 0.120. The lowest BCUT2D eigenvalue weighted by molar-refractivity contribution is -0.123. The monoisotopic (exact) mass is 210 g/mol. The van der Waals surface area contributed by atoms with Crippen LogP contribution in [0.15, 0.2) is 12.2 Å². The van der Waals surface area contributed by atoms with Gasteiger partial charge in [0, 0.05) is 19.0 Å². The molecule has 1 rings (SSSR count). The molecule has 0 spiro atoms. The third-order valence-corrected chi connectivity index (χ3v) is 3.98. The number of rotatable bonds is 4.